The average molecular weight is 553 g/mol. The number of nitrogens with one attached hydrogen (secondary N) is 1. The molecule has 1 N–H and O–H groups in total. The summed E-state index contributed by atoms with van der Waals surface area (Å²) in [5.41, 5.74) is 2.69. The van der Waals surface area contributed by atoms with Crippen LogP contribution in [0.1, 0.15) is 26.3 Å². The minimum Gasteiger partial charge on any atom is -0.460 e. The van der Waals surface area contributed by atoms with Crippen LogP contribution >= 0.6 is 23.1 Å². The van der Waals surface area contributed by atoms with E-state index in [2.05, 4.69) is 9.71 Å². The third-order valence-electron chi connectivity index (χ3n) is 5.46. The highest BCUT2D eigenvalue weighted by molar-refractivity contribution is 7.98. The lowest BCUT2D eigenvalue weighted by atomic mass is 9.97. The summed E-state index contributed by atoms with van der Waals surface area (Å²) in [6.45, 7) is 5.42. The second kappa shape index (κ2) is 11.1. The van der Waals surface area contributed by atoms with Crippen molar-refractivity contribution in [3.63, 3.8) is 0 Å². The molecular formula is C28H28N2O4S3. The molecule has 0 aliphatic heterocycles. The van der Waals surface area contributed by atoms with Crippen LogP contribution in [-0.2, 0) is 26.2 Å². The number of sulfonamides is 1. The van der Waals surface area contributed by atoms with E-state index < -0.39 is 15.4 Å². The number of benzene rings is 3. The molecule has 0 bridgehead atoms. The van der Waals surface area contributed by atoms with Gasteiger partial charge in [0.1, 0.15) is 6.61 Å². The molecule has 0 atom stereocenters. The Hall–Kier alpha value is -3.14. The standard InChI is InChI=1S/C28H28N2O4S3/c1-28(2,3)26(31)34-18-19-10-16-23(17-11-19)37(32,33)30-27-29-24(20-12-14-22(35-4)15-13-20)25(36-27)21-8-6-5-7-9-21/h5-17H,18H2,1-4H3,(H,29,30). The summed E-state index contributed by atoms with van der Waals surface area (Å²) in [5, 5.41) is 0.283. The maximum absolute atomic E-state index is 13.2. The molecule has 4 rings (SSSR count). The van der Waals surface area contributed by atoms with Gasteiger partial charge in [-0.15, -0.1) is 11.8 Å². The molecule has 3 aromatic carbocycles. The van der Waals surface area contributed by atoms with Crippen LogP contribution in [0.4, 0.5) is 5.13 Å². The number of nitrogens with zero attached hydrogens (tertiary/aromatic N) is 1. The van der Waals surface area contributed by atoms with Gasteiger partial charge in [0, 0.05) is 10.5 Å². The molecule has 0 radical (unpaired) electrons. The van der Waals surface area contributed by atoms with Gasteiger partial charge in [0.15, 0.2) is 5.13 Å². The molecule has 0 fully saturated rings. The Morgan fingerprint density at radius 2 is 1.59 bits per heavy atom. The lowest BCUT2D eigenvalue weighted by Crippen LogP contribution is -2.22. The van der Waals surface area contributed by atoms with E-state index in [1.807, 2.05) is 60.9 Å². The van der Waals surface area contributed by atoms with E-state index in [1.54, 1.807) is 44.7 Å². The maximum Gasteiger partial charge on any atom is 0.311 e. The van der Waals surface area contributed by atoms with Gasteiger partial charge >= 0.3 is 5.97 Å². The van der Waals surface area contributed by atoms with Crippen LogP contribution in [0.15, 0.2) is 88.7 Å². The average Bonchev–Trinajstić information content (AvgIpc) is 3.30. The Morgan fingerprint density at radius 1 is 0.946 bits per heavy atom. The summed E-state index contributed by atoms with van der Waals surface area (Å²) in [6, 6.07) is 24.1. The molecule has 192 valence electrons. The summed E-state index contributed by atoms with van der Waals surface area (Å²) >= 11 is 2.95. The summed E-state index contributed by atoms with van der Waals surface area (Å²) in [6.07, 6.45) is 2.02. The van der Waals surface area contributed by atoms with E-state index in [0.717, 1.165) is 26.6 Å². The van der Waals surface area contributed by atoms with Crippen LogP contribution in [0.5, 0.6) is 0 Å². The minimum absolute atomic E-state index is 0.0788. The van der Waals surface area contributed by atoms with E-state index >= 15 is 0 Å². The van der Waals surface area contributed by atoms with Crippen molar-refractivity contribution < 1.29 is 17.9 Å². The van der Waals surface area contributed by atoms with Crippen LogP contribution in [0, 0.1) is 5.41 Å². The van der Waals surface area contributed by atoms with E-state index in [1.165, 1.54) is 23.5 Å². The molecule has 0 amide bonds. The Bertz CT molecular complexity index is 1470. The van der Waals surface area contributed by atoms with Gasteiger partial charge in [0.25, 0.3) is 10.0 Å². The zero-order valence-electron chi connectivity index (χ0n) is 21.0. The molecule has 0 saturated heterocycles. The number of hydrogen-bond acceptors (Lipinski definition) is 7. The van der Waals surface area contributed by atoms with Crippen LogP contribution in [-0.4, -0.2) is 25.6 Å². The zero-order valence-corrected chi connectivity index (χ0v) is 23.5. The Morgan fingerprint density at radius 3 is 2.19 bits per heavy atom. The molecule has 0 saturated carbocycles. The fourth-order valence-corrected chi connectivity index (χ4v) is 6.03. The van der Waals surface area contributed by atoms with Gasteiger partial charge in [-0.1, -0.05) is 65.9 Å². The second-order valence-electron chi connectivity index (χ2n) is 9.37. The highest BCUT2D eigenvalue weighted by Crippen LogP contribution is 2.40. The van der Waals surface area contributed by atoms with E-state index in [9.17, 15) is 13.2 Å². The number of rotatable bonds is 8. The first-order valence-electron chi connectivity index (χ1n) is 11.6. The van der Waals surface area contributed by atoms with Crippen molar-refractivity contribution in [2.24, 2.45) is 5.41 Å². The molecule has 1 heterocycles. The van der Waals surface area contributed by atoms with Gasteiger partial charge in [0.2, 0.25) is 0 Å². The fraction of sp³-hybridized carbons (Fsp3) is 0.214. The molecule has 6 nitrogen and oxygen atoms in total. The molecule has 0 aliphatic carbocycles. The first-order chi connectivity index (χ1) is 17.6. The second-order valence-corrected chi connectivity index (χ2v) is 12.9. The molecule has 1 aromatic heterocycles. The number of carbonyl (C=O) groups excluding carboxylic acids is 1. The highest BCUT2D eigenvalue weighted by atomic mass is 32.2. The van der Waals surface area contributed by atoms with Gasteiger partial charge < -0.3 is 4.74 Å². The lowest BCUT2D eigenvalue weighted by Gasteiger charge is -2.16. The van der Waals surface area contributed by atoms with Crippen molar-refractivity contribution in [3.05, 3.63) is 84.4 Å². The molecule has 37 heavy (non-hydrogen) atoms. The number of anilines is 1. The predicted octanol–water partition coefficient (Wildman–Crippen LogP) is 7.09. The summed E-state index contributed by atoms with van der Waals surface area (Å²) in [5.74, 6) is -0.317. The SMILES string of the molecule is CSc1ccc(-c2nc(NS(=O)(=O)c3ccc(COC(=O)C(C)(C)C)cc3)sc2-c2ccccc2)cc1. The minimum atomic E-state index is -3.88. The number of thioether (sulfide) groups is 1. The zero-order chi connectivity index (χ0) is 26.6. The van der Waals surface area contributed by atoms with Crippen molar-refractivity contribution >= 4 is 44.2 Å². The van der Waals surface area contributed by atoms with Crippen molar-refractivity contribution in [2.75, 3.05) is 11.0 Å². The van der Waals surface area contributed by atoms with E-state index in [-0.39, 0.29) is 22.6 Å². The fourth-order valence-electron chi connectivity index (χ4n) is 3.40. The van der Waals surface area contributed by atoms with Gasteiger partial charge in [-0.05, 0) is 62.4 Å². The summed E-state index contributed by atoms with van der Waals surface area (Å²) in [7, 11) is -3.88. The van der Waals surface area contributed by atoms with E-state index in [4.69, 9.17) is 4.74 Å². The molecule has 9 heteroatoms. The summed E-state index contributed by atoms with van der Waals surface area (Å²) < 4.78 is 34.3. The van der Waals surface area contributed by atoms with Crippen LogP contribution in [0.3, 0.4) is 0 Å². The van der Waals surface area contributed by atoms with Gasteiger partial charge in [-0.2, -0.15) is 0 Å². The van der Waals surface area contributed by atoms with E-state index in [0.29, 0.717) is 5.56 Å². The third kappa shape index (κ3) is 6.60. The molecule has 4 aromatic rings. The number of carbonyl (C=O) groups is 1. The van der Waals surface area contributed by atoms with Gasteiger partial charge in [-0.3, -0.25) is 9.52 Å². The predicted molar refractivity (Wildman–Crippen MR) is 151 cm³/mol. The number of hydrogen-bond donors (Lipinski definition) is 1. The first kappa shape index (κ1) is 26.9. The first-order valence-corrected chi connectivity index (χ1v) is 15.1. The summed E-state index contributed by atoms with van der Waals surface area (Å²) in [4.78, 5) is 18.8. The quantitative estimate of drug-likeness (QED) is 0.186. The Balaban J connectivity index is 1.58. The molecule has 0 aliphatic rings. The Kier molecular flexibility index (Phi) is 8.06. The topological polar surface area (TPSA) is 85.4 Å². The van der Waals surface area contributed by atoms with Crippen molar-refractivity contribution in [2.45, 2.75) is 37.2 Å². The monoisotopic (exact) mass is 552 g/mol. The molecule has 0 spiro atoms. The third-order valence-corrected chi connectivity index (χ3v) is 8.71. The van der Waals surface area contributed by atoms with Crippen molar-refractivity contribution in [1.29, 1.82) is 0 Å². The van der Waals surface area contributed by atoms with Crippen LogP contribution in [0.25, 0.3) is 21.7 Å². The largest absolute Gasteiger partial charge is 0.460 e. The van der Waals surface area contributed by atoms with Crippen molar-refractivity contribution in [3.8, 4) is 21.7 Å². The number of thiazole rings is 1. The lowest BCUT2D eigenvalue weighted by molar-refractivity contribution is -0.154. The normalized spacial score (nSPS) is 11.8. The van der Waals surface area contributed by atoms with Crippen LogP contribution < -0.4 is 4.72 Å². The smallest absolute Gasteiger partial charge is 0.311 e. The maximum atomic E-state index is 13.2. The Labute approximate surface area is 226 Å². The number of ether oxygens (including phenoxy) is 1. The van der Waals surface area contributed by atoms with Gasteiger partial charge in [-0.25, -0.2) is 13.4 Å². The van der Waals surface area contributed by atoms with Gasteiger partial charge in [0.05, 0.1) is 20.9 Å². The highest BCUT2D eigenvalue weighted by Gasteiger charge is 2.23. The van der Waals surface area contributed by atoms with Crippen LogP contribution in [0.2, 0.25) is 0 Å². The molecular weight excluding hydrogens is 525 g/mol. The number of aromatic nitrogens is 1. The number of esters is 1. The molecule has 0 unspecified atom stereocenters. The van der Waals surface area contributed by atoms with Crippen molar-refractivity contribution in [1.82, 2.24) is 4.98 Å².